The first-order valence-electron chi connectivity index (χ1n) is 10.3. The van der Waals surface area contributed by atoms with Gasteiger partial charge in [-0.15, -0.1) is 22.7 Å². The zero-order valence-corrected chi connectivity index (χ0v) is 17.8. The van der Waals surface area contributed by atoms with E-state index in [1.165, 1.54) is 54.3 Å². The number of rotatable bonds is 2. The largest absolute Gasteiger partial charge is 0.144 e. The third kappa shape index (κ3) is 2.15. The van der Waals surface area contributed by atoms with Crippen LogP contribution in [0, 0.1) is 0 Å². The van der Waals surface area contributed by atoms with Crippen molar-refractivity contribution >= 4 is 22.7 Å². The summed E-state index contributed by atoms with van der Waals surface area (Å²) >= 11 is 3.69. The summed E-state index contributed by atoms with van der Waals surface area (Å²) in [5, 5.41) is 4.39. The van der Waals surface area contributed by atoms with Crippen LogP contribution in [0.4, 0.5) is 0 Å². The molecular weight excluding hydrogens is 400 g/mol. The van der Waals surface area contributed by atoms with Crippen LogP contribution >= 0.6 is 22.7 Å². The molecule has 0 amide bonds. The lowest BCUT2D eigenvalue weighted by atomic mass is 9.60. The summed E-state index contributed by atoms with van der Waals surface area (Å²) in [4.78, 5) is 2.72. The van der Waals surface area contributed by atoms with Crippen LogP contribution in [0.2, 0.25) is 0 Å². The molecule has 3 aromatic carbocycles. The molecule has 8 rings (SSSR count). The fraction of sp³-hybridized carbons (Fsp3) is 0.0714. The Labute approximate surface area is 184 Å². The van der Waals surface area contributed by atoms with Crippen molar-refractivity contribution in [1.29, 1.82) is 0 Å². The van der Waals surface area contributed by atoms with Gasteiger partial charge in [0, 0.05) is 32.7 Å². The van der Waals surface area contributed by atoms with Gasteiger partial charge in [-0.3, -0.25) is 0 Å². The van der Waals surface area contributed by atoms with E-state index in [1.54, 1.807) is 0 Å². The van der Waals surface area contributed by atoms with Crippen molar-refractivity contribution in [3.63, 3.8) is 0 Å². The number of thiophene rings is 2. The standard InChI is InChI=1S/C28H18S2/c1-3-9-19-17(7-1)25-18-8-2-4-10-20(18)26(19)28-22(25)14-13-21(23-11-5-15-29-23)27(28)24-12-6-16-30-24/h1-16,25-26H. The van der Waals surface area contributed by atoms with Gasteiger partial charge in [0.2, 0.25) is 0 Å². The van der Waals surface area contributed by atoms with E-state index in [4.69, 9.17) is 0 Å². The summed E-state index contributed by atoms with van der Waals surface area (Å²) in [7, 11) is 0. The topological polar surface area (TPSA) is 0 Å². The molecule has 0 saturated heterocycles. The lowest BCUT2D eigenvalue weighted by Crippen LogP contribution is -2.28. The average Bonchev–Trinajstić information content (AvgIpc) is 3.52. The molecule has 0 unspecified atom stereocenters. The molecule has 0 fully saturated rings. The van der Waals surface area contributed by atoms with Gasteiger partial charge in [0.25, 0.3) is 0 Å². The summed E-state index contributed by atoms with van der Waals surface area (Å²) in [6, 6.07) is 31.8. The maximum Gasteiger partial charge on any atom is 0.0355 e. The average molecular weight is 419 g/mol. The summed E-state index contributed by atoms with van der Waals surface area (Å²) in [5.41, 5.74) is 11.7. The highest BCUT2D eigenvalue weighted by Crippen LogP contribution is 2.59. The van der Waals surface area contributed by atoms with Gasteiger partial charge in [0.05, 0.1) is 0 Å². The van der Waals surface area contributed by atoms with Crippen LogP contribution in [-0.4, -0.2) is 0 Å². The van der Waals surface area contributed by atoms with Crippen molar-refractivity contribution in [2.45, 2.75) is 11.8 Å². The van der Waals surface area contributed by atoms with Crippen molar-refractivity contribution in [2.24, 2.45) is 0 Å². The highest BCUT2D eigenvalue weighted by molar-refractivity contribution is 7.14. The molecule has 2 heteroatoms. The number of hydrogen-bond acceptors (Lipinski definition) is 2. The summed E-state index contributed by atoms with van der Waals surface area (Å²) in [6.45, 7) is 0. The Hall–Kier alpha value is -2.94. The molecule has 0 spiro atoms. The number of hydrogen-bond donors (Lipinski definition) is 0. The molecule has 2 bridgehead atoms. The van der Waals surface area contributed by atoms with E-state index < -0.39 is 0 Å². The fourth-order valence-corrected chi connectivity index (χ4v) is 7.13. The molecule has 142 valence electrons. The lowest BCUT2D eigenvalue weighted by Gasteiger charge is -2.43. The molecule has 30 heavy (non-hydrogen) atoms. The van der Waals surface area contributed by atoms with E-state index in [9.17, 15) is 0 Å². The Bertz CT molecular complexity index is 1340. The SMILES string of the molecule is c1csc(-c2ccc3c(c2-c2cccs2)C2c4ccccc4C3c3ccccc32)c1. The van der Waals surface area contributed by atoms with E-state index in [-0.39, 0.29) is 0 Å². The predicted molar refractivity (Wildman–Crippen MR) is 128 cm³/mol. The van der Waals surface area contributed by atoms with Gasteiger partial charge in [0.15, 0.2) is 0 Å². The van der Waals surface area contributed by atoms with Crippen LogP contribution < -0.4 is 0 Å². The second-order valence-corrected chi connectivity index (χ2v) is 9.96. The third-order valence-corrected chi connectivity index (χ3v) is 8.46. The van der Waals surface area contributed by atoms with Crippen LogP contribution in [-0.2, 0) is 0 Å². The molecule has 0 atom stereocenters. The molecule has 0 radical (unpaired) electrons. The Balaban J connectivity index is 1.62. The molecule has 0 N–H and O–H groups in total. The highest BCUT2D eigenvalue weighted by atomic mass is 32.1. The van der Waals surface area contributed by atoms with Crippen LogP contribution in [0.1, 0.15) is 45.2 Å². The van der Waals surface area contributed by atoms with Gasteiger partial charge in [-0.2, -0.15) is 0 Å². The van der Waals surface area contributed by atoms with E-state index in [1.807, 2.05) is 22.7 Å². The quantitative estimate of drug-likeness (QED) is 0.266. The zero-order chi connectivity index (χ0) is 19.7. The van der Waals surface area contributed by atoms with Crippen LogP contribution in [0.3, 0.4) is 0 Å². The Morgan fingerprint density at radius 1 is 0.467 bits per heavy atom. The minimum absolute atomic E-state index is 0.300. The van der Waals surface area contributed by atoms with Gasteiger partial charge < -0.3 is 0 Å². The molecular formula is C28H18S2. The molecule has 2 heterocycles. The van der Waals surface area contributed by atoms with E-state index in [0.717, 1.165) is 0 Å². The fourth-order valence-electron chi connectivity index (χ4n) is 5.58. The molecule has 0 saturated carbocycles. The second-order valence-electron chi connectivity index (χ2n) is 8.07. The molecule has 2 aromatic heterocycles. The molecule has 3 aliphatic carbocycles. The second kappa shape index (κ2) is 6.28. The summed E-state index contributed by atoms with van der Waals surface area (Å²) < 4.78 is 0. The van der Waals surface area contributed by atoms with Crippen molar-refractivity contribution in [3.05, 3.63) is 129 Å². The number of benzene rings is 3. The summed E-state index contributed by atoms with van der Waals surface area (Å²) in [5.74, 6) is 0.628. The van der Waals surface area contributed by atoms with Gasteiger partial charge in [0.1, 0.15) is 0 Å². The van der Waals surface area contributed by atoms with Crippen molar-refractivity contribution in [3.8, 4) is 20.9 Å². The molecule has 5 aromatic rings. The van der Waals surface area contributed by atoms with Crippen LogP contribution in [0.5, 0.6) is 0 Å². The highest BCUT2D eigenvalue weighted by Gasteiger charge is 2.42. The van der Waals surface area contributed by atoms with Crippen molar-refractivity contribution < 1.29 is 0 Å². The lowest BCUT2D eigenvalue weighted by molar-refractivity contribution is 0.756. The zero-order valence-electron chi connectivity index (χ0n) is 16.2. The third-order valence-electron chi connectivity index (χ3n) is 6.67. The van der Waals surface area contributed by atoms with Gasteiger partial charge in [-0.1, -0.05) is 72.8 Å². The smallest absolute Gasteiger partial charge is 0.0355 e. The van der Waals surface area contributed by atoms with Gasteiger partial charge >= 0.3 is 0 Å². The van der Waals surface area contributed by atoms with Gasteiger partial charge in [-0.05, 0) is 56.3 Å². The van der Waals surface area contributed by atoms with E-state index >= 15 is 0 Å². The maximum absolute atomic E-state index is 2.41. The first-order chi connectivity index (χ1) is 14.9. The van der Waals surface area contributed by atoms with Gasteiger partial charge in [-0.25, -0.2) is 0 Å². The van der Waals surface area contributed by atoms with E-state index in [0.29, 0.717) is 11.8 Å². The van der Waals surface area contributed by atoms with Crippen LogP contribution in [0.25, 0.3) is 20.9 Å². The van der Waals surface area contributed by atoms with Crippen molar-refractivity contribution in [1.82, 2.24) is 0 Å². The normalized spacial score (nSPS) is 18.0. The Kier molecular flexibility index (Phi) is 3.52. The first-order valence-corrected chi connectivity index (χ1v) is 12.1. The minimum Gasteiger partial charge on any atom is -0.144 e. The monoisotopic (exact) mass is 418 g/mol. The minimum atomic E-state index is 0.300. The Morgan fingerprint density at radius 3 is 1.60 bits per heavy atom. The first kappa shape index (κ1) is 16.8. The maximum atomic E-state index is 2.41. The molecule has 0 aliphatic heterocycles. The summed E-state index contributed by atoms with van der Waals surface area (Å²) in [6.07, 6.45) is 0. The van der Waals surface area contributed by atoms with Crippen molar-refractivity contribution in [2.75, 3.05) is 0 Å². The Morgan fingerprint density at radius 2 is 1.03 bits per heavy atom. The van der Waals surface area contributed by atoms with E-state index in [2.05, 4.69) is 95.7 Å². The predicted octanol–water partition coefficient (Wildman–Crippen LogP) is 8.13. The molecule has 3 aliphatic rings. The molecule has 0 nitrogen and oxygen atoms in total. The van der Waals surface area contributed by atoms with Crippen LogP contribution in [0.15, 0.2) is 95.7 Å².